The number of fused-ring (bicyclic) bond motifs is 2. The van der Waals surface area contributed by atoms with Gasteiger partial charge in [0, 0.05) is 18.3 Å². The number of pyridine rings is 1. The number of benzene rings is 1. The van der Waals surface area contributed by atoms with Gasteiger partial charge in [-0.1, -0.05) is 12.1 Å². The maximum absolute atomic E-state index is 9.74. The minimum atomic E-state index is 0.248. The highest BCUT2D eigenvalue weighted by atomic mass is 16.3. The van der Waals surface area contributed by atoms with Gasteiger partial charge in [0.05, 0.1) is 5.69 Å². The van der Waals surface area contributed by atoms with Crippen LogP contribution < -0.4 is 10.6 Å². The maximum Gasteiger partial charge on any atom is 0.140 e. The third kappa shape index (κ3) is 1.35. The summed E-state index contributed by atoms with van der Waals surface area (Å²) >= 11 is 0. The lowest BCUT2D eigenvalue weighted by atomic mass is 10.2. The van der Waals surface area contributed by atoms with Gasteiger partial charge in [0.25, 0.3) is 0 Å². The summed E-state index contributed by atoms with van der Waals surface area (Å²) in [4.78, 5) is 4.28. The Morgan fingerprint density at radius 1 is 1.19 bits per heavy atom. The summed E-state index contributed by atoms with van der Waals surface area (Å²) in [5.74, 6) is 1.08. The number of aromatic nitrogens is 1. The van der Waals surface area contributed by atoms with Crippen molar-refractivity contribution in [1.82, 2.24) is 4.98 Å². The molecule has 3 rings (SSSR count). The van der Waals surface area contributed by atoms with E-state index in [-0.39, 0.29) is 5.75 Å². The summed E-state index contributed by atoms with van der Waals surface area (Å²) in [5, 5.41) is 16.1. The Bertz CT molecular complexity index is 540. The molecule has 2 heterocycles. The van der Waals surface area contributed by atoms with Gasteiger partial charge >= 0.3 is 0 Å². The zero-order chi connectivity index (χ0) is 11.0. The summed E-state index contributed by atoms with van der Waals surface area (Å²) in [6, 6.07) is 9.28. The van der Waals surface area contributed by atoms with Crippen LogP contribution in [0.5, 0.6) is 5.75 Å². The molecule has 0 amide bonds. The molecule has 1 aromatic heterocycles. The van der Waals surface area contributed by atoms with Gasteiger partial charge in [-0.3, -0.25) is 0 Å². The number of hydrogen-bond acceptors (Lipinski definition) is 4. The zero-order valence-corrected chi connectivity index (χ0v) is 8.57. The van der Waals surface area contributed by atoms with Crippen LogP contribution in [0.25, 0.3) is 0 Å². The van der Waals surface area contributed by atoms with Crippen molar-refractivity contribution in [3.05, 3.63) is 42.1 Å². The van der Waals surface area contributed by atoms with Gasteiger partial charge in [-0.15, -0.1) is 0 Å². The molecule has 0 saturated carbocycles. The van der Waals surface area contributed by atoms with Crippen molar-refractivity contribution >= 4 is 17.2 Å². The number of rotatable bonds is 0. The Morgan fingerprint density at radius 3 is 3.06 bits per heavy atom. The third-order valence-electron chi connectivity index (χ3n) is 2.64. The lowest BCUT2D eigenvalue weighted by molar-refractivity contribution is 0.477. The number of hydrogen-bond donors (Lipinski definition) is 3. The van der Waals surface area contributed by atoms with E-state index in [0.717, 1.165) is 22.8 Å². The molecule has 0 radical (unpaired) electrons. The van der Waals surface area contributed by atoms with Gasteiger partial charge in [-0.05, 0) is 18.2 Å². The van der Waals surface area contributed by atoms with E-state index in [0.29, 0.717) is 6.54 Å². The van der Waals surface area contributed by atoms with Crippen molar-refractivity contribution in [2.75, 3.05) is 10.6 Å². The van der Waals surface area contributed by atoms with Crippen LogP contribution in [0.4, 0.5) is 17.2 Å². The van der Waals surface area contributed by atoms with Crippen LogP contribution in [0.3, 0.4) is 0 Å². The molecule has 0 spiro atoms. The van der Waals surface area contributed by atoms with Crippen LogP contribution in [0.15, 0.2) is 36.5 Å². The molecule has 4 nitrogen and oxygen atoms in total. The third-order valence-corrected chi connectivity index (χ3v) is 2.64. The van der Waals surface area contributed by atoms with Crippen molar-refractivity contribution in [3.8, 4) is 5.75 Å². The monoisotopic (exact) mass is 213 g/mol. The van der Waals surface area contributed by atoms with Crippen LogP contribution >= 0.6 is 0 Å². The van der Waals surface area contributed by atoms with Crippen molar-refractivity contribution in [2.24, 2.45) is 0 Å². The van der Waals surface area contributed by atoms with E-state index in [1.54, 1.807) is 18.3 Å². The molecule has 0 saturated heterocycles. The van der Waals surface area contributed by atoms with E-state index in [2.05, 4.69) is 15.6 Å². The predicted molar refractivity (Wildman–Crippen MR) is 63.0 cm³/mol. The standard InChI is InChI=1S/C12H11N3O/c16-10-5-1-4-9-11(10)14-7-8-3-2-6-13-12(8)15-9/h1-6,14,16H,7H2,(H,13,15). The molecule has 1 aliphatic heterocycles. The molecule has 1 aromatic carbocycles. The average Bonchev–Trinajstić information content (AvgIpc) is 2.48. The average molecular weight is 213 g/mol. The first-order valence-electron chi connectivity index (χ1n) is 5.11. The van der Waals surface area contributed by atoms with Crippen LogP contribution in [-0.2, 0) is 6.54 Å². The van der Waals surface area contributed by atoms with Crippen molar-refractivity contribution < 1.29 is 5.11 Å². The number of phenolic OH excluding ortho intramolecular Hbond substituents is 1. The Hall–Kier alpha value is -2.23. The SMILES string of the molecule is Oc1cccc2c1NCc1cccnc1N2. The molecule has 4 heteroatoms. The van der Waals surface area contributed by atoms with Crippen LogP contribution in [-0.4, -0.2) is 10.1 Å². The second kappa shape index (κ2) is 3.41. The Balaban J connectivity index is 2.12. The minimum Gasteiger partial charge on any atom is -0.506 e. The minimum absolute atomic E-state index is 0.248. The van der Waals surface area contributed by atoms with Gasteiger partial charge < -0.3 is 15.7 Å². The molecule has 3 N–H and O–H groups in total. The molecule has 1 aliphatic rings. The summed E-state index contributed by atoms with van der Waals surface area (Å²) in [5.41, 5.74) is 2.65. The molecule has 0 unspecified atom stereocenters. The Labute approximate surface area is 93.0 Å². The van der Waals surface area contributed by atoms with E-state index >= 15 is 0 Å². The highest BCUT2D eigenvalue weighted by molar-refractivity contribution is 5.80. The van der Waals surface area contributed by atoms with Gasteiger partial charge in [-0.25, -0.2) is 4.98 Å². The van der Waals surface area contributed by atoms with Gasteiger partial charge in [0.2, 0.25) is 0 Å². The van der Waals surface area contributed by atoms with Crippen LogP contribution in [0, 0.1) is 0 Å². The quantitative estimate of drug-likeness (QED) is 0.588. The first kappa shape index (κ1) is 9.03. The summed E-state index contributed by atoms with van der Waals surface area (Å²) in [6.45, 7) is 0.654. The molecule has 0 bridgehead atoms. The maximum atomic E-state index is 9.74. The number of nitrogens with one attached hydrogen (secondary N) is 2. The fourth-order valence-corrected chi connectivity index (χ4v) is 1.84. The molecule has 80 valence electrons. The normalized spacial score (nSPS) is 12.8. The van der Waals surface area contributed by atoms with Crippen LogP contribution in [0.2, 0.25) is 0 Å². The van der Waals surface area contributed by atoms with E-state index in [1.807, 2.05) is 18.2 Å². The van der Waals surface area contributed by atoms with Crippen molar-refractivity contribution in [1.29, 1.82) is 0 Å². The predicted octanol–water partition coefficient (Wildman–Crippen LogP) is 2.46. The topological polar surface area (TPSA) is 57.2 Å². The van der Waals surface area contributed by atoms with Gasteiger partial charge in [0.1, 0.15) is 17.3 Å². The number of aromatic hydroxyl groups is 1. The smallest absolute Gasteiger partial charge is 0.140 e. The second-order valence-electron chi connectivity index (χ2n) is 3.69. The first-order chi connectivity index (χ1) is 7.84. The number of nitrogens with zero attached hydrogens (tertiary/aromatic N) is 1. The molecule has 16 heavy (non-hydrogen) atoms. The largest absolute Gasteiger partial charge is 0.506 e. The highest BCUT2D eigenvalue weighted by Crippen LogP contribution is 2.36. The molecular weight excluding hydrogens is 202 g/mol. The number of phenols is 1. The summed E-state index contributed by atoms with van der Waals surface area (Å²) in [7, 11) is 0. The summed E-state index contributed by atoms with van der Waals surface area (Å²) in [6.07, 6.45) is 1.75. The van der Waals surface area contributed by atoms with Crippen molar-refractivity contribution in [3.63, 3.8) is 0 Å². The molecular formula is C12H11N3O. The fraction of sp³-hybridized carbons (Fsp3) is 0.0833. The van der Waals surface area contributed by atoms with Gasteiger partial charge in [0.15, 0.2) is 0 Å². The lowest BCUT2D eigenvalue weighted by Crippen LogP contribution is -1.98. The second-order valence-corrected chi connectivity index (χ2v) is 3.69. The van der Waals surface area contributed by atoms with E-state index in [9.17, 15) is 5.11 Å². The molecule has 0 aliphatic carbocycles. The zero-order valence-electron chi connectivity index (χ0n) is 8.57. The number of para-hydroxylation sites is 1. The highest BCUT2D eigenvalue weighted by Gasteiger charge is 2.14. The van der Waals surface area contributed by atoms with E-state index < -0.39 is 0 Å². The number of anilines is 3. The van der Waals surface area contributed by atoms with E-state index in [4.69, 9.17) is 0 Å². The van der Waals surface area contributed by atoms with Crippen molar-refractivity contribution in [2.45, 2.75) is 6.54 Å². The molecule has 0 atom stereocenters. The Kier molecular flexibility index (Phi) is 1.93. The molecule has 0 fully saturated rings. The Morgan fingerprint density at radius 2 is 2.12 bits per heavy atom. The van der Waals surface area contributed by atoms with Crippen LogP contribution in [0.1, 0.15) is 5.56 Å². The summed E-state index contributed by atoms with van der Waals surface area (Å²) < 4.78 is 0. The molecule has 2 aromatic rings. The lowest BCUT2D eigenvalue weighted by Gasteiger charge is -2.09. The van der Waals surface area contributed by atoms with Gasteiger partial charge in [-0.2, -0.15) is 0 Å². The first-order valence-corrected chi connectivity index (χ1v) is 5.11. The van der Waals surface area contributed by atoms with E-state index in [1.165, 1.54) is 0 Å². The fourth-order valence-electron chi connectivity index (χ4n) is 1.84.